The van der Waals surface area contributed by atoms with E-state index in [2.05, 4.69) is 25.5 Å². The first kappa shape index (κ1) is 42.4. The van der Waals surface area contributed by atoms with Crippen LogP contribution in [0.4, 0.5) is 15.9 Å². The highest BCUT2D eigenvalue weighted by atomic mass is 35.5. The van der Waals surface area contributed by atoms with Crippen molar-refractivity contribution in [3.63, 3.8) is 0 Å². The van der Waals surface area contributed by atoms with Crippen LogP contribution in [0.5, 0.6) is 5.75 Å². The van der Waals surface area contributed by atoms with Gasteiger partial charge in [0.25, 0.3) is 11.8 Å². The summed E-state index contributed by atoms with van der Waals surface area (Å²) in [6.45, 7) is 6.54. The number of carbonyl (C=O) groups excluding carboxylic acids is 5. The van der Waals surface area contributed by atoms with E-state index in [-0.39, 0.29) is 48.7 Å². The second-order valence-electron chi connectivity index (χ2n) is 14.2. The van der Waals surface area contributed by atoms with Crippen LogP contribution in [0.1, 0.15) is 46.9 Å². The molecule has 3 aliphatic heterocycles. The molecule has 2 saturated heterocycles. The number of fused-ring (bicyclic) bond motifs is 2. The average molecular weight is 846 g/mol. The number of amides is 5. The molecule has 0 radical (unpaired) electrons. The van der Waals surface area contributed by atoms with Gasteiger partial charge in [-0.05, 0) is 42.8 Å². The molecule has 2 N–H and O–H groups in total. The van der Waals surface area contributed by atoms with Crippen molar-refractivity contribution in [2.45, 2.75) is 32.2 Å². The molecule has 0 bridgehead atoms. The third-order valence-electron chi connectivity index (χ3n) is 10.4. The number of rotatable bonds is 18. The maximum Gasteiger partial charge on any atom is 0.264 e. The van der Waals surface area contributed by atoms with E-state index in [1.54, 1.807) is 36.4 Å². The maximum atomic E-state index is 15.4. The molecule has 1 unspecified atom stereocenters. The molecule has 7 rings (SSSR count). The molecule has 2 fully saturated rings. The molecule has 0 spiro atoms. The Labute approximate surface area is 350 Å². The number of aromatic nitrogens is 2. The highest BCUT2D eigenvalue weighted by molar-refractivity contribution is 6.34. The second kappa shape index (κ2) is 19.5. The number of piperazine rings is 1. The summed E-state index contributed by atoms with van der Waals surface area (Å²) in [6, 6.07) is 11.9. The fraction of sp³-hybridized carbons (Fsp3) is 0.405. The number of benzene rings is 3. The first-order chi connectivity index (χ1) is 29.2. The molecule has 18 heteroatoms. The summed E-state index contributed by atoms with van der Waals surface area (Å²) in [5.74, 6) is -1.60. The zero-order chi connectivity index (χ0) is 42.2. The lowest BCUT2D eigenvalue weighted by Gasteiger charge is -2.35. The Hall–Kier alpha value is -5.75. The van der Waals surface area contributed by atoms with Crippen molar-refractivity contribution in [3.05, 3.63) is 76.8 Å². The molecule has 16 nitrogen and oxygen atoms in total. The fourth-order valence-electron chi connectivity index (χ4n) is 7.46. The van der Waals surface area contributed by atoms with E-state index in [0.717, 1.165) is 10.3 Å². The van der Waals surface area contributed by atoms with Gasteiger partial charge < -0.3 is 34.1 Å². The molecule has 4 heterocycles. The van der Waals surface area contributed by atoms with E-state index in [0.29, 0.717) is 106 Å². The zero-order valence-corrected chi connectivity index (χ0v) is 33.8. The highest BCUT2D eigenvalue weighted by Crippen LogP contribution is 2.40. The van der Waals surface area contributed by atoms with Gasteiger partial charge in [-0.25, -0.2) is 14.4 Å². The number of carbonyl (C=O) groups is 5. The lowest BCUT2D eigenvalue weighted by atomic mass is 10.0. The number of anilines is 2. The quantitative estimate of drug-likeness (QED) is 0.108. The molecule has 316 valence electrons. The lowest BCUT2D eigenvalue weighted by Crippen LogP contribution is -2.54. The van der Waals surface area contributed by atoms with Crippen molar-refractivity contribution < 1.29 is 47.3 Å². The summed E-state index contributed by atoms with van der Waals surface area (Å²) in [7, 11) is 0. The summed E-state index contributed by atoms with van der Waals surface area (Å²) >= 11 is 6.80. The topological polar surface area (TPSA) is 182 Å². The fourth-order valence-corrected chi connectivity index (χ4v) is 7.71. The molecule has 0 saturated carbocycles. The van der Waals surface area contributed by atoms with E-state index in [1.807, 2.05) is 11.8 Å². The summed E-state index contributed by atoms with van der Waals surface area (Å²) in [6.07, 6.45) is 2.07. The van der Waals surface area contributed by atoms with Crippen LogP contribution in [0.2, 0.25) is 5.02 Å². The predicted molar refractivity (Wildman–Crippen MR) is 219 cm³/mol. The number of ether oxygens (including phenoxy) is 4. The van der Waals surface area contributed by atoms with Crippen LogP contribution in [-0.2, 0) is 28.6 Å². The minimum absolute atomic E-state index is 0.0473. The molecule has 1 atom stereocenters. The standard InChI is InChI=1S/C42H45ClFN7O9/c1-2-36(53)49-12-14-50(15-13-49)39-28-23-29(43)27(24-32(28)46-25-47-39)37-30(44)6-4-8-34(37)60-22-21-59-20-19-58-18-17-57-16-11-45-31-7-3-5-26-38(31)42(56)51(41(26)55)33-9-10-35(52)48-40(33)54/h3-8,23-25,33,45H,2,9-22H2,1H3,(H,48,52,54). The Morgan fingerprint density at radius 3 is 2.32 bits per heavy atom. The molecule has 4 aromatic rings. The zero-order valence-electron chi connectivity index (χ0n) is 33.0. The van der Waals surface area contributed by atoms with E-state index < -0.39 is 35.5 Å². The summed E-state index contributed by atoms with van der Waals surface area (Å²) in [5.41, 5.74) is 2.07. The van der Waals surface area contributed by atoms with E-state index in [1.165, 1.54) is 18.5 Å². The van der Waals surface area contributed by atoms with E-state index in [9.17, 15) is 24.0 Å². The first-order valence-corrected chi connectivity index (χ1v) is 20.2. The van der Waals surface area contributed by atoms with Crippen molar-refractivity contribution >= 4 is 63.5 Å². The van der Waals surface area contributed by atoms with Gasteiger partial charge in [0, 0.05) is 67.2 Å². The van der Waals surface area contributed by atoms with Gasteiger partial charge in [-0.3, -0.25) is 34.2 Å². The number of hydrogen-bond acceptors (Lipinski definition) is 13. The Balaban J connectivity index is 0.811. The second-order valence-corrected chi connectivity index (χ2v) is 14.6. The smallest absolute Gasteiger partial charge is 0.264 e. The molecule has 60 heavy (non-hydrogen) atoms. The van der Waals surface area contributed by atoms with Gasteiger partial charge in [-0.15, -0.1) is 0 Å². The van der Waals surface area contributed by atoms with Gasteiger partial charge in [0.05, 0.1) is 61.8 Å². The highest BCUT2D eigenvalue weighted by Gasteiger charge is 2.45. The predicted octanol–water partition coefficient (Wildman–Crippen LogP) is 4.09. The van der Waals surface area contributed by atoms with Gasteiger partial charge in [-0.1, -0.05) is 30.7 Å². The largest absolute Gasteiger partial charge is 0.490 e. The van der Waals surface area contributed by atoms with Crippen LogP contribution in [0.15, 0.2) is 54.9 Å². The normalized spacial score (nSPS) is 16.7. The average Bonchev–Trinajstić information content (AvgIpc) is 3.50. The number of hydrogen-bond donors (Lipinski definition) is 2. The number of piperidine rings is 1. The van der Waals surface area contributed by atoms with Gasteiger partial charge in [0.2, 0.25) is 17.7 Å². The Morgan fingerprint density at radius 1 is 0.867 bits per heavy atom. The van der Waals surface area contributed by atoms with Crippen molar-refractivity contribution in [2.75, 3.05) is 89.2 Å². The Morgan fingerprint density at radius 2 is 1.58 bits per heavy atom. The minimum Gasteiger partial charge on any atom is -0.490 e. The molecule has 3 aliphatic rings. The monoisotopic (exact) mass is 845 g/mol. The Bertz CT molecular complexity index is 2270. The van der Waals surface area contributed by atoms with Crippen molar-refractivity contribution in [3.8, 4) is 16.9 Å². The van der Waals surface area contributed by atoms with Crippen LogP contribution in [0, 0.1) is 5.82 Å². The van der Waals surface area contributed by atoms with Crippen LogP contribution >= 0.6 is 11.6 Å². The van der Waals surface area contributed by atoms with E-state index in [4.69, 9.17) is 30.5 Å². The summed E-state index contributed by atoms with van der Waals surface area (Å²) < 4.78 is 38.2. The lowest BCUT2D eigenvalue weighted by molar-refractivity contribution is -0.136. The van der Waals surface area contributed by atoms with Gasteiger partial charge in [0.15, 0.2) is 0 Å². The molecule has 1 aromatic heterocycles. The van der Waals surface area contributed by atoms with Crippen molar-refractivity contribution in [1.29, 1.82) is 0 Å². The van der Waals surface area contributed by atoms with Crippen molar-refractivity contribution in [1.82, 2.24) is 25.1 Å². The van der Waals surface area contributed by atoms with Crippen LogP contribution in [0.3, 0.4) is 0 Å². The number of nitrogens with one attached hydrogen (secondary N) is 2. The molecule has 0 aliphatic carbocycles. The molecular formula is C42H45ClFN7O9. The SMILES string of the molecule is CCC(=O)N1CCN(c2ncnc3cc(-c4c(F)cccc4OCCOCCOCCOCCNc4cccc5c4C(=O)N(C4CCC(=O)NC4=O)C5=O)c(Cl)cc23)CC1. The summed E-state index contributed by atoms with van der Waals surface area (Å²) in [4.78, 5) is 76.2. The number of nitrogens with zero attached hydrogens (tertiary/aromatic N) is 5. The third kappa shape index (κ3) is 9.33. The van der Waals surface area contributed by atoms with Crippen molar-refractivity contribution in [2.24, 2.45) is 0 Å². The molecule has 5 amide bonds. The third-order valence-corrected chi connectivity index (χ3v) is 10.8. The minimum atomic E-state index is -1.04. The van der Waals surface area contributed by atoms with Crippen LogP contribution in [-0.4, -0.2) is 134 Å². The number of halogens is 2. The van der Waals surface area contributed by atoms with Gasteiger partial charge in [0.1, 0.15) is 36.4 Å². The Kier molecular flexibility index (Phi) is 13.8. The number of imide groups is 2. The van der Waals surface area contributed by atoms with E-state index >= 15 is 4.39 Å². The molecular weight excluding hydrogens is 801 g/mol. The van der Waals surface area contributed by atoms with Gasteiger partial charge >= 0.3 is 0 Å². The first-order valence-electron chi connectivity index (χ1n) is 19.9. The van der Waals surface area contributed by atoms with Gasteiger partial charge in [-0.2, -0.15) is 0 Å². The summed E-state index contributed by atoms with van der Waals surface area (Å²) in [5, 5.41) is 6.37. The molecule has 3 aromatic carbocycles. The van der Waals surface area contributed by atoms with Crippen LogP contribution in [0.25, 0.3) is 22.0 Å². The van der Waals surface area contributed by atoms with Crippen LogP contribution < -0.4 is 20.3 Å². The maximum absolute atomic E-state index is 15.4.